The smallest absolute Gasteiger partial charge is 0.262 e. The maximum Gasteiger partial charge on any atom is 0.262 e. The minimum absolute atomic E-state index is 0.0718. The minimum Gasteiger partial charge on any atom is -0.351 e. The number of carbonyl (C=O) groups is 1. The Kier molecular flexibility index (Phi) is 4.77. The van der Waals surface area contributed by atoms with E-state index in [1.165, 1.54) is 11.3 Å². The quantitative estimate of drug-likeness (QED) is 0.923. The van der Waals surface area contributed by atoms with Gasteiger partial charge >= 0.3 is 0 Å². The van der Waals surface area contributed by atoms with Crippen LogP contribution in [0.1, 0.15) is 42.4 Å². The van der Waals surface area contributed by atoms with Gasteiger partial charge in [0.05, 0.1) is 16.6 Å². The van der Waals surface area contributed by atoms with Gasteiger partial charge in [0, 0.05) is 13.1 Å². The Morgan fingerprint density at radius 3 is 2.81 bits per heavy atom. The lowest BCUT2D eigenvalue weighted by Gasteiger charge is -2.06. The van der Waals surface area contributed by atoms with Crippen molar-refractivity contribution >= 4 is 27.5 Å². The van der Waals surface area contributed by atoms with Crippen LogP contribution in [0.3, 0.4) is 0 Å². The van der Waals surface area contributed by atoms with E-state index < -0.39 is 0 Å². The molecule has 0 saturated carbocycles. The molecule has 1 N–H and O–H groups in total. The van der Waals surface area contributed by atoms with E-state index in [4.69, 9.17) is 0 Å². The summed E-state index contributed by atoms with van der Waals surface area (Å²) in [5.41, 5.74) is 0.662. The fourth-order valence-electron chi connectivity index (χ4n) is 2.16. The van der Waals surface area contributed by atoms with Crippen molar-refractivity contribution in [3.63, 3.8) is 0 Å². The summed E-state index contributed by atoms with van der Waals surface area (Å²) in [6, 6.07) is 0. The third kappa shape index (κ3) is 3.15. The zero-order valence-corrected chi connectivity index (χ0v) is 13.7. The van der Waals surface area contributed by atoms with Gasteiger partial charge in [-0.15, -0.1) is 11.3 Å². The molecule has 0 aromatic carbocycles. The Morgan fingerprint density at radius 1 is 1.48 bits per heavy atom. The van der Waals surface area contributed by atoms with Crippen LogP contribution in [0.4, 0.5) is 0 Å². The molecule has 6 heteroatoms. The highest BCUT2D eigenvalue weighted by atomic mass is 32.1. The lowest BCUT2D eigenvalue weighted by molar-refractivity contribution is 0.0955. The molecule has 0 saturated heterocycles. The van der Waals surface area contributed by atoms with E-state index in [2.05, 4.69) is 24.1 Å². The van der Waals surface area contributed by atoms with Gasteiger partial charge in [0.2, 0.25) is 0 Å². The van der Waals surface area contributed by atoms with Gasteiger partial charge in [0.25, 0.3) is 11.5 Å². The first-order valence-corrected chi connectivity index (χ1v) is 8.04. The Hall–Kier alpha value is -1.69. The second-order valence-corrected chi connectivity index (χ2v) is 6.51. The number of aromatic nitrogens is 2. The number of hydrogen-bond acceptors (Lipinski definition) is 4. The largest absolute Gasteiger partial charge is 0.351 e. The molecule has 2 aromatic heterocycles. The van der Waals surface area contributed by atoms with E-state index in [0.717, 1.165) is 12.0 Å². The number of carbonyl (C=O) groups excluding carboxylic acids is 1. The van der Waals surface area contributed by atoms with Crippen molar-refractivity contribution in [3.05, 3.63) is 27.1 Å². The van der Waals surface area contributed by atoms with Gasteiger partial charge in [-0.3, -0.25) is 14.2 Å². The normalized spacial score (nSPS) is 11.3. The number of fused-ring (bicyclic) bond motifs is 1. The van der Waals surface area contributed by atoms with Gasteiger partial charge in [-0.25, -0.2) is 4.98 Å². The van der Waals surface area contributed by atoms with Crippen molar-refractivity contribution in [1.29, 1.82) is 0 Å². The zero-order valence-electron chi connectivity index (χ0n) is 12.9. The molecule has 0 atom stereocenters. The Labute approximate surface area is 128 Å². The zero-order chi connectivity index (χ0) is 15.6. The molecule has 0 bridgehead atoms. The van der Waals surface area contributed by atoms with E-state index in [0.29, 0.717) is 34.1 Å². The minimum atomic E-state index is -0.112. The summed E-state index contributed by atoms with van der Waals surface area (Å²) >= 11 is 1.29. The Balaban J connectivity index is 2.33. The van der Waals surface area contributed by atoms with Crippen molar-refractivity contribution in [2.24, 2.45) is 5.92 Å². The molecule has 0 aliphatic carbocycles. The van der Waals surface area contributed by atoms with E-state index in [-0.39, 0.29) is 11.5 Å². The van der Waals surface area contributed by atoms with E-state index in [1.54, 1.807) is 10.9 Å². The molecule has 0 unspecified atom stereocenters. The van der Waals surface area contributed by atoms with Crippen LogP contribution >= 0.6 is 11.3 Å². The molecule has 2 heterocycles. The van der Waals surface area contributed by atoms with Gasteiger partial charge in [-0.05, 0) is 31.7 Å². The second-order valence-electron chi connectivity index (χ2n) is 5.51. The third-order valence-corrected chi connectivity index (χ3v) is 4.67. The van der Waals surface area contributed by atoms with Crippen LogP contribution in [0.5, 0.6) is 0 Å². The first-order valence-electron chi connectivity index (χ1n) is 7.22. The molecule has 2 rings (SSSR count). The molecular formula is C15H21N3O2S. The van der Waals surface area contributed by atoms with Crippen molar-refractivity contribution in [2.45, 2.75) is 40.7 Å². The lowest BCUT2D eigenvalue weighted by atomic mass is 10.1. The first-order chi connectivity index (χ1) is 9.95. The molecule has 0 radical (unpaired) electrons. The van der Waals surface area contributed by atoms with Crippen molar-refractivity contribution in [2.75, 3.05) is 6.54 Å². The molecule has 2 aromatic rings. The van der Waals surface area contributed by atoms with Crippen molar-refractivity contribution in [3.8, 4) is 0 Å². The standard InChI is InChI=1S/C15H21N3O2S/c1-5-18-8-17-14-11(15(18)20)10(4)12(21-14)13(19)16-7-6-9(2)3/h8-9H,5-7H2,1-4H3,(H,16,19). The summed E-state index contributed by atoms with van der Waals surface area (Å²) in [7, 11) is 0. The van der Waals surface area contributed by atoms with Gasteiger partial charge in [-0.2, -0.15) is 0 Å². The molecular weight excluding hydrogens is 286 g/mol. The van der Waals surface area contributed by atoms with Crippen molar-refractivity contribution in [1.82, 2.24) is 14.9 Å². The number of hydrogen-bond donors (Lipinski definition) is 1. The van der Waals surface area contributed by atoms with E-state index >= 15 is 0 Å². The predicted octanol–water partition coefficient (Wildman–Crippen LogP) is 2.56. The Morgan fingerprint density at radius 2 is 2.19 bits per heavy atom. The maximum absolute atomic E-state index is 12.3. The first kappa shape index (κ1) is 15.7. The lowest BCUT2D eigenvalue weighted by Crippen LogP contribution is -2.25. The number of nitrogens with zero attached hydrogens (tertiary/aromatic N) is 2. The number of rotatable bonds is 5. The fraction of sp³-hybridized carbons (Fsp3) is 0.533. The molecule has 1 amide bonds. The highest BCUT2D eigenvalue weighted by Gasteiger charge is 2.18. The summed E-state index contributed by atoms with van der Waals surface area (Å²) in [5, 5.41) is 3.48. The predicted molar refractivity (Wildman–Crippen MR) is 86.1 cm³/mol. The highest BCUT2D eigenvalue weighted by Crippen LogP contribution is 2.26. The van der Waals surface area contributed by atoms with E-state index in [9.17, 15) is 9.59 Å². The monoisotopic (exact) mass is 307 g/mol. The van der Waals surface area contributed by atoms with Gasteiger partial charge in [0.15, 0.2) is 0 Å². The van der Waals surface area contributed by atoms with Gasteiger partial charge < -0.3 is 5.32 Å². The summed E-state index contributed by atoms with van der Waals surface area (Å²) in [6.45, 7) is 9.18. The molecule has 114 valence electrons. The number of amides is 1. The molecule has 0 aliphatic heterocycles. The molecule has 21 heavy (non-hydrogen) atoms. The average molecular weight is 307 g/mol. The van der Waals surface area contributed by atoms with Crippen LogP contribution in [0, 0.1) is 12.8 Å². The van der Waals surface area contributed by atoms with Crippen molar-refractivity contribution < 1.29 is 4.79 Å². The van der Waals surface area contributed by atoms with Crippen LogP contribution in [0.25, 0.3) is 10.2 Å². The molecule has 0 spiro atoms. The molecule has 5 nitrogen and oxygen atoms in total. The number of thiophene rings is 1. The maximum atomic E-state index is 12.3. The summed E-state index contributed by atoms with van der Waals surface area (Å²) in [4.78, 5) is 30.1. The SMILES string of the molecule is CCn1cnc2sc(C(=O)NCCC(C)C)c(C)c2c1=O. The van der Waals surface area contributed by atoms with Crippen LogP contribution in [-0.4, -0.2) is 22.0 Å². The van der Waals surface area contributed by atoms with Crippen LogP contribution < -0.4 is 10.9 Å². The topological polar surface area (TPSA) is 64.0 Å². The average Bonchev–Trinajstić information content (AvgIpc) is 2.77. The number of aryl methyl sites for hydroxylation is 2. The third-order valence-electron chi connectivity index (χ3n) is 3.47. The van der Waals surface area contributed by atoms with Gasteiger partial charge in [0.1, 0.15) is 4.83 Å². The van der Waals surface area contributed by atoms with Crippen LogP contribution in [0.2, 0.25) is 0 Å². The number of nitrogens with one attached hydrogen (secondary N) is 1. The molecule has 0 fully saturated rings. The summed E-state index contributed by atoms with van der Waals surface area (Å²) < 4.78 is 1.56. The molecule has 0 aliphatic rings. The van der Waals surface area contributed by atoms with E-state index in [1.807, 2.05) is 13.8 Å². The highest BCUT2D eigenvalue weighted by molar-refractivity contribution is 7.20. The summed E-state index contributed by atoms with van der Waals surface area (Å²) in [6.07, 6.45) is 2.48. The second kappa shape index (κ2) is 6.39. The Bertz CT molecular complexity index is 716. The van der Waals surface area contributed by atoms with Crippen LogP contribution in [0.15, 0.2) is 11.1 Å². The fourth-order valence-corrected chi connectivity index (χ4v) is 3.21. The van der Waals surface area contributed by atoms with Crippen LogP contribution in [-0.2, 0) is 6.54 Å². The van der Waals surface area contributed by atoms with Gasteiger partial charge in [-0.1, -0.05) is 13.8 Å². The summed E-state index contributed by atoms with van der Waals surface area (Å²) in [5.74, 6) is 0.436.